The fourth-order valence-corrected chi connectivity index (χ4v) is 3.39. The van der Waals surface area contributed by atoms with E-state index < -0.39 is 5.54 Å². The third kappa shape index (κ3) is 3.49. The Kier molecular flexibility index (Phi) is 5.10. The highest BCUT2D eigenvalue weighted by Crippen LogP contribution is 2.41. The molecule has 1 heterocycles. The number of H-pyrrole nitrogens is 1. The van der Waals surface area contributed by atoms with Gasteiger partial charge in [-0.1, -0.05) is 18.7 Å². The van der Waals surface area contributed by atoms with Crippen LogP contribution in [0.1, 0.15) is 33.1 Å². The standard InChI is InChI=1S/C13H22N4O3S/c1-3-7-17-11(19)15-16-12(17)21-8-13(14,9-5-6-9)10(18)20-4-2/h9H,3-8,14H2,1-2H3,(H,15,19). The van der Waals surface area contributed by atoms with E-state index in [2.05, 4.69) is 10.2 Å². The van der Waals surface area contributed by atoms with Gasteiger partial charge in [-0.25, -0.2) is 9.89 Å². The van der Waals surface area contributed by atoms with Crippen molar-refractivity contribution in [1.82, 2.24) is 14.8 Å². The molecule has 0 bridgehead atoms. The Morgan fingerprint density at radius 3 is 2.86 bits per heavy atom. The minimum atomic E-state index is -0.993. The van der Waals surface area contributed by atoms with E-state index in [1.165, 1.54) is 11.8 Å². The van der Waals surface area contributed by atoms with E-state index in [1.807, 2.05) is 6.92 Å². The quantitative estimate of drug-likeness (QED) is 0.542. The Labute approximate surface area is 127 Å². The average Bonchev–Trinajstić information content (AvgIpc) is 3.25. The third-order valence-corrected chi connectivity index (χ3v) is 4.76. The van der Waals surface area contributed by atoms with Gasteiger partial charge in [0.1, 0.15) is 5.54 Å². The number of aromatic amines is 1. The summed E-state index contributed by atoms with van der Waals surface area (Å²) in [6, 6.07) is 0. The molecule has 1 aromatic heterocycles. The van der Waals surface area contributed by atoms with E-state index in [0.29, 0.717) is 24.1 Å². The molecule has 0 radical (unpaired) electrons. The molecule has 0 amide bonds. The molecule has 1 aliphatic rings. The highest BCUT2D eigenvalue weighted by molar-refractivity contribution is 7.99. The van der Waals surface area contributed by atoms with Crippen molar-refractivity contribution in [3.05, 3.63) is 10.5 Å². The molecule has 0 aliphatic heterocycles. The van der Waals surface area contributed by atoms with Crippen LogP contribution in [0.2, 0.25) is 0 Å². The topological polar surface area (TPSA) is 103 Å². The van der Waals surface area contributed by atoms with Gasteiger partial charge in [0, 0.05) is 12.3 Å². The molecule has 1 aliphatic carbocycles. The number of nitrogens with two attached hydrogens (primary N) is 1. The predicted octanol–water partition coefficient (Wildman–Crippen LogP) is 0.744. The van der Waals surface area contributed by atoms with Crippen LogP contribution in [0.4, 0.5) is 0 Å². The molecule has 21 heavy (non-hydrogen) atoms. The van der Waals surface area contributed by atoms with Crippen molar-refractivity contribution < 1.29 is 9.53 Å². The molecule has 3 N–H and O–H groups in total. The number of hydrogen-bond donors (Lipinski definition) is 2. The number of thioether (sulfide) groups is 1. The van der Waals surface area contributed by atoms with Crippen molar-refractivity contribution >= 4 is 17.7 Å². The van der Waals surface area contributed by atoms with Gasteiger partial charge in [0.25, 0.3) is 0 Å². The smallest absolute Gasteiger partial charge is 0.343 e. The minimum absolute atomic E-state index is 0.161. The summed E-state index contributed by atoms with van der Waals surface area (Å²) in [7, 11) is 0. The normalized spacial score (nSPS) is 17.5. The lowest BCUT2D eigenvalue weighted by molar-refractivity contribution is -0.149. The first-order valence-corrected chi connectivity index (χ1v) is 8.25. The highest BCUT2D eigenvalue weighted by Gasteiger charge is 2.49. The van der Waals surface area contributed by atoms with Gasteiger partial charge in [-0.05, 0) is 32.1 Å². The number of rotatable bonds is 8. The summed E-state index contributed by atoms with van der Waals surface area (Å²) < 4.78 is 6.68. The molecular formula is C13H22N4O3S. The number of ether oxygens (including phenoxy) is 1. The Morgan fingerprint density at radius 2 is 2.29 bits per heavy atom. The number of hydrogen-bond acceptors (Lipinski definition) is 6. The summed E-state index contributed by atoms with van der Waals surface area (Å²) in [5.74, 6) is 0.166. The molecule has 118 valence electrons. The Bertz CT molecular complexity index is 552. The molecule has 1 saturated carbocycles. The molecule has 1 fully saturated rings. The van der Waals surface area contributed by atoms with E-state index in [0.717, 1.165) is 19.3 Å². The summed E-state index contributed by atoms with van der Waals surface area (Å²) in [6.07, 6.45) is 2.72. The van der Waals surface area contributed by atoms with Crippen molar-refractivity contribution in [2.75, 3.05) is 12.4 Å². The predicted molar refractivity (Wildman–Crippen MR) is 80.1 cm³/mol. The van der Waals surface area contributed by atoms with Gasteiger partial charge in [0.05, 0.1) is 6.61 Å². The Hall–Kier alpha value is -1.28. The van der Waals surface area contributed by atoms with Crippen LogP contribution in [0.25, 0.3) is 0 Å². The largest absolute Gasteiger partial charge is 0.465 e. The van der Waals surface area contributed by atoms with Gasteiger partial charge in [-0.3, -0.25) is 9.36 Å². The second-order valence-corrected chi connectivity index (χ2v) is 6.23. The zero-order valence-electron chi connectivity index (χ0n) is 12.4. The first-order chi connectivity index (χ1) is 10.0. The van der Waals surface area contributed by atoms with Crippen LogP contribution >= 0.6 is 11.8 Å². The van der Waals surface area contributed by atoms with E-state index in [-0.39, 0.29) is 17.6 Å². The number of carbonyl (C=O) groups is 1. The zero-order chi connectivity index (χ0) is 15.5. The molecule has 1 aromatic rings. The van der Waals surface area contributed by atoms with Crippen molar-refractivity contribution in [2.24, 2.45) is 11.7 Å². The lowest BCUT2D eigenvalue weighted by Crippen LogP contribution is -2.53. The molecule has 0 saturated heterocycles. The number of aromatic nitrogens is 3. The molecule has 1 atom stereocenters. The molecule has 8 heteroatoms. The van der Waals surface area contributed by atoms with Gasteiger partial charge in [0.15, 0.2) is 5.16 Å². The monoisotopic (exact) mass is 314 g/mol. The second kappa shape index (κ2) is 6.65. The SMILES string of the molecule is CCCn1c(SCC(N)(C(=O)OCC)C2CC2)n[nH]c1=O. The number of nitrogens with one attached hydrogen (secondary N) is 1. The van der Waals surface area contributed by atoms with Crippen LogP contribution in [-0.2, 0) is 16.1 Å². The van der Waals surface area contributed by atoms with Crippen molar-refractivity contribution in [1.29, 1.82) is 0 Å². The van der Waals surface area contributed by atoms with Crippen LogP contribution in [0, 0.1) is 5.92 Å². The zero-order valence-corrected chi connectivity index (χ0v) is 13.2. The van der Waals surface area contributed by atoms with Crippen LogP contribution in [0.3, 0.4) is 0 Å². The molecule has 0 aromatic carbocycles. The summed E-state index contributed by atoms with van der Waals surface area (Å²) in [5.41, 5.74) is 5.07. The van der Waals surface area contributed by atoms with Gasteiger partial charge in [-0.2, -0.15) is 0 Å². The molecular weight excluding hydrogens is 292 g/mol. The highest BCUT2D eigenvalue weighted by atomic mass is 32.2. The van der Waals surface area contributed by atoms with E-state index >= 15 is 0 Å². The van der Waals surface area contributed by atoms with Crippen molar-refractivity contribution in [3.63, 3.8) is 0 Å². The number of carbonyl (C=O) groups excluding carboxylic acids is 1. The number of esters is 1. The van der Waals surface area contributed by atoms with Crippen LogP contribution in [-0.4, -0.2) is 38.6 Å². The minimum Gasteiger partial charge on any atom is -0.465 e. The maximum absolute atomic E-state index is 12.1. The van der Waals surface area contributed by atoms with Crippen molar-refractivity contribution in [3.8, 4) is 0 Å². The maximum atomic E-state index is 12.1. The summed E-state index contributed by atoms with van der Waals surface area (Å²) >= 11 is 1.33. The van der Waals surface area contributed by atoms with Crippen molar-refractivity contribution in [2.45, 2.75) is 50.4 Å². The lowest BCUT2D eigenvalue weighted by Gasteiger charge is -2.26. The van der Waals surface area contributed by atoms with E-state index in [1.54, 1.807) is 11.5 Å². The van der Waals surface area contributed by atoms with Crippen LogP contribution in [0.15, 0.2) is 9.95 Å². The van der Waals surface area contributed by atoms with Crippen LogP contribution in [0.5, 0.6) is 0 Å². The lowest BCUT2D eigenvalue weighted by atomic mass is 9.97. The summed E-state index contributed by atoms with van der Waals surface area (Å²) in [5, 5.41) is 7.01. The fraction of sp³-hybridized carbons (Fsp3) is 0.769. The van der Waals surface area contributed by atoms with E-state index in [9.17, 15) is 9.59 Å². The number of nitrogens with zero attached hydrogens (tertiary/aromatic N) is 2. The summed E-state index contributed by atoms with van der Waals surface area (Å²) in [6.45, 7) is 4.67. The third-order valence-electron chi connectivity index (χ3n) is 3.57. The summed E-state index contributed by atoms with van der Waals surface area (Å²) in [4.78, 5) is 23.8. The fourth-order valence-electron chi connectivity index (χ4n) is 2.23. The molecule has 0 spiro atoms. The van der Waals surface area contributed by atoms with Gasteiger partial charge < -0.3 is 10.5 Å². The van der Waals surface area contributed by atoms with E-state index in [4.69, 9.17) is 10.5 Å². The first-order valence-electron chi connectivity index (χ1n) is 7.27. The average molecular weight is 314 g/mol. The Balaban J connectivity index is 2.09. The second-order valence-electron chi connectivity index (χ2n) is 5.29. The van der Waals surface area contributed by atoms with Gasteiger partial charge >= 0.3 is 11.7 Å². The Morgan fingerprint density at radius 1 is 1.57 bits per heavy atom. The van der Waals surface area contributed by atoms with Gasteiger partial charge in [0.2, 0.25) is 0 Å². The molecule has 7 nitrogen and oxygen atoms in total. The van der Waals surface area contributed by atoms with Gasteiger partial charge in [-0.15, -0.1) is 5.10 Å². The maximum Gasteiger partial charge on any atom is 0.343 e. The molecule has 1 unspecified atom stereocenters. The molecule has 2 rings (SSSR count). The first kappa shape index (κ1) is 16.1. The van der Waals surface area contributed by atoms with Crippen LogP contribution < -0.4 is 11.4 Å².